The Bertz CT molecular complexity index is 701. The molecular formula is C18H17FN2O2. The molecular weight excluding hydrogens is 295 g/mol. The predicted octanol–water partition coefficient (Wildman–Crippen LogP) is 2.29. The topological polar surface area (TPSA) is 49.4 Å². The number of benzene rings is 2. The van der Waals surface area contributed by atoms with E-state index in [0.29, 0.717) is 18.7 Å². The number of carbonyl (C=O) groups is 2. The minimum atomic E-state index is -0.497. The molecule has 2 amide bonds. The average molecular weight is 312 g/mol. The van der Waals surface area contributed by atoms with Crippen LogP contribution in [0.15, 0.2) is 54.6 Å². The molecule has 1 N–H and O–H groups in total. The van der Waals surface area contributed by atoms with Crippen molar-refractivity contribution in [2.75, 3.05) is 11.4 Å². The zero-order valence-electron chi connectivity index (χ0n) is 12.5. The molecule has 1 saturated heterocycles. The largest absolute Gasteiger partial charge is 0.305 e. The molecule has 0 saturated carbocycles. The van der Waals surface area contributed by atoms with Crippen molar-refractivity contribution in [3.63, 3.8) is 0 Å². The van der Waals surface area contributed by atoms with Crippen molar-refractivity contribution in [2.24, 2.45) is 0 Å². The van der Waals surface area contributed by atoms with Gasteiger partial charge in [-0.25, -0.2) is 9.29 Å². The lowest BCUT2D eigenvalue weighted by molar-refractivity contribution is -0.121. The number of hydrogen-bond donors (Lipinski definition) is 1. The van der Waals surface area contributed by atoms with Crippen molar-refractivity contribution in [1.82, 2.24) is 5.32 Å². The van der Waals surface area contributed by atoms with Gasteiger partial charge in [-0.05, 0) is 42.8 Å². The minimum absolute atomic E-state index is 0.164. The summed E-state index contributed by atoms with van der Waals surface area (Å²) in [5.41, 5.74) is 1.58. The third-order valence-corrected chi connectivity index (χ3v) is 3.88. The first-order valence-electron chi connectivity index (χ1n) is 7.55. The fourth-order valence-corrected chi connectivity index (χ4v) is 2.68. The van der Waals surface area contributed by atoms with Gasteiger partial charge in [0.15, 0.2) is 0 Å². The van der Waals surface area contributed by atoms with Crippen LogP contribution in [0, 0.1) is 5.82 Å². The van der Waals surface area contributed by atoms with Crippen molar-refractivity contribution in [1.29, 1.82) is 0 Å². The Hall–Kier alpha value is -2.53. The first-order chi connectivity index (χ1) is 11.1. The van der Waals surface area contributed by atoms with Crippen LogP contribution in [0.5, 0.6) is 0 Å². The number of nitrogens with zero attached hydrogens (tertiary/aromatic N) is 1. The molecule has 3 rings (SSSR count). The van der Waals surface area contributed by atoms with Crippen LogP contribution in [0.4, 0.5) is 10.1 Å². The maximum absolute atomic E-state index is 12.8. The number of para-hydroxylation sites is 1. The zero-order valence-corrected chi connectivity index (χ0v) is 12.5. The molecule has 0 spiro atoms. The van der Waals surface area contributed by atoms with Crippen molar-refractivity contribution in [3.05, 3.63) is 66.0 Å². The van der Waals surface area contributed by atoms with Crippen LogP contribution in [0.2, 0.25) is 0 Å². The first kappa shape index (κ1) is 15.4. The molecule has 0 bridgehead atoms. The van der Waals surface area contributed by atoms with Crippen LogP contribution in [-0.2, 0) is 16.0 Å². The number of imide groups is 1. The standard InChI is InChI=1S/C18H17FN2O2/c19-14-8-6-13(7-9-14)10-11-20-16-12-17(22)21(18(16)23)15-4-2-1-3-5-15/h1-9,16,20H,10-12H2. The number of halogens is 1. The van der Waals surface area contributed by atoms with E-state index < -0.39 is 6.04 Å². The summed E-state index contributed by atoms with van der Waals surface area (Å²) in [5.74, 6) is -0.683. The number of carbonyl (C=O) groups excluding carboxylic acids is 2. The van der Waals surface area contributed by atoms with E-state index in [4.69, 9.17) is 0 Å². The van der Waals surface area contributed by atoms with E-state index in [0.717, 1.165) is 5.56 Å². The smallest absolute Gasteiger partial charge is 0.251 e. The van der Waals surface area contributed by atoms with Gasteiger partial charge in [0, 0.05) is 0 Å². The molecule has 1 atom stereocenters. The number of nitrogens with one attached hydrogen (secondary N) is 1. The SMILES string of the molecule is O=C1CC(NCCc2ccc(F)cc2)C(=O)N1c1ccccc1. The van der Waals surface area contributed by atoms with E-state index >= 15 is 0 Å². The molecule has 2 aromatic rings. The Morgan fingerprint density at radius 3 is 2.43 bits per heavy atom. The molecule has 1 heterocycles. The number of hydrogen-bond acceptors (Lipinski definition) is 3. The van der Waals surface area contributed by atoms with Gasteiger partial charge >= 0.3 is 0 Å². The van der Waals surface area contributed by atoms with Gasteiger partial charge < -0.3 is 5.32 Å². The number of amides is 2. The minimum Gasteiger partial charge on any atom is -0.305 e. The molecule has 2 aromatic carbocycles. The van der Waals surface area contributed by atoms with Gasteiger partial charge in [0.05, 0.1) is 18.2 Å². The third kappa shape index (κ3) is 3.46. The van der Waals surface area contributed by atoms with Gasteiger partial charge in [0.1, 0.15) is 5.82 Å². The van der Waals surface area contributed by atoms with Gasteiger partial charge in [-0.1, -0.05) is 30.3 Å². The maximum atomic E-state index is 12.8. The van der Waals surface area contributed by atoms with Crippen molar-refractivity contribution in [3.8, 4) is 0 Å². The van der Waals surface area contributed by atoms with Crippen molar-refractivity contribution in [2.45, 2.75) is 18.9 Å². The second-order valence-corrected chi connectivity index (χ2v) is 5.49. The summed E-state index contributed by atoms with van der Waals surface area (Å²) in [6, 6.07) is 14.7. The lowest BCUT2D eigenvalue weighted by Crippen LogP contribution is -2.39. The van der Waals surface area contributed by atoms with Crippen LogP contribution >= 0.6 is 0 Å². The van der Waals surface area contributed by atoms with Crippen LogP contribution in [0.25, 0.3) is 0 Å². The van der Waals surface area contributed by atoms with Crippen LogP contribution in [-0.4, -0.2) is 24.4 Å². The van der Waals surface area contributed by atoms with Crippen LogP contribution in [0.1, 0.15) is 12.0 Å². The normalized spacial score (nSPS) is 17.8. The van der Waals surface area contributed by atoms with Crippen molar-refractivity contribution >= 4 is 17.5 Å². The molecule has 0 aromatic heterocycles. The third-order valence-electron chi connectivity index (χ3n) is 3.88. The first-order valence-corrected chi connectivity index (χ1v) is 7.55. The van der Waals surface area contributed by atoms with E-state index in [2.05, 4.69) is 5.32 Å². The predicted molar refractivity (Wildman–Crippen MR) is 85.4 cm³/mol. The molecule has 4 nitrogen and oxygen atoms in total. The molecule has 23 heavy (non-hydrogen) atoms. The molecule has 1 aliphatic rings. The maximum Gasteiger partial charge on any atom is 0.251 e. The van der Waals surface area contributed by atoms with Gasteiger partial charge in [-0.15, -0.1) is 0 Å². The molecule has 1 unspecified atom stereocenters. The highest BCUT2D eigenvalue weighted by Gasteiger charge is 2.38. The van der Waals surface area contributed by atoms with Gasteiger partial charge in [-0.2, -0.15) is 0 Å². The lowest BCUT2D eigenvalue weighted by atomic mass is 10.1. The summed E-state index contributed by atoms with van der Waals surface area (Å²) in [6.07, 6.45) is 0.834. The second kappa shape index (κ2) is 6.71. The van der Waals surface area contributed by atoms with E-state index in [-0.39, 0.29) is 24.1 Å². The number of anilines is 1. The Labute approximate surface area is 133 Å². The summed E-state index contributed by atoms with van der Waals surface area (Å²) in [5, 5.41) is 3.12. The average Bonchev–Trinajstić information content (AvgIpc) is 2.84. The van der Waals surface area contributed by atoms with Gasteiger partial charge in [0.2, 0.25) is 5.91 Å². The van der Waals surface area contributed by atoms with Gasteiger partial charge in [-0.3, -0.25) is 9.59 Å². The quantitative estimate of drug-likeness (QED) is 0.862. The van der Waals surface area contributed by atoms with Crippen LogP contribution < -0.4 is 10.2 Å². The van der Waals surface area contributed by atoms with Crippen LogP contribution in [0.3, 0.4) is 0 Å². The molecule has 5 heteroatoms. The molecule has 1 aliphatic heterocycles. The highest BCUT2D eigenvalue weighted by atomic mass is 19.1. The molecule has 118 valence electrons. The Morgan fingerprint density at radius 1 is 1.04 bits per heavy atom. The molecule has 1 fully saturated rings. The highest BCUT2D eigenvalue weighted by Crippen LogP contribution is 2.22. The molecule has 0 aliphatic carbocycles. The Balaban J connectivity index is 1.58. The Kier molecular flexibility index (Phi) is 4.48. The summed E-state index contributed by atoms with van der Waals surface area (Å²) in [6.45, 7) is 0.554. The fourth-order valence-electron chi connectivity index (χ4n) is 2.68. The van der Waals surface area contributed by atoms with E-state index in [1.807, 2.05) is 6.07 Å². The summed E-state index contributed by atoms with van der Waals surface area (Å²) < 4.78 is 12.8. The monoisotopic (exact) mass is 312 g/mol. The lowest BCUT2D eigenvalue weighted by Gasteiger charge is -2.15. The Morgan fingerprint density at radius 2 is 1.74 bits per heavy atom. The highest BCUT2D eigenvalue weighted by molar-refractivity contribution is 6.22. The number of rotatable bonds is 5. The zero-order chi connectivity index (χ0) is 16.2. The second-order valence-electron chi connectivity index (χ2n) is 5.49. The summed E-state index contributed by atoms with van der Waals surface area (Å²) in [7, 11) is 0. The van der Waals surface area contributed by atoms with E-state index in [1.54, 1.807) is 36.4 Å². The summed E-state index contributed by atoms with van der Waals surface area (Å²) in [4.78, 5) is 25.7. The molecule has 0 radical (unpaired) electrons. The van der Waals surface area contributed by atoms with Crippen molar-refractivity contribution < 1.29 is 14.0 Å². The fraction of sp³-hybridized carbons (Fsp3) is 0.222. The van der Waals surface area contributed by atoms with E-state index in [9.17, 15) is 14.0 Å². The van der Waals surface area contributed by atoms with Gasteiger partial charge in [0.25, 0.3) is 5.91 Å². The van der Waals surface area contributed by atoms with E-state index in [1.165, 1.54) is 17.0 Å². The summed E-state index contributed by atoms with van der Waals surface area (Å²) >= 11 is 0.